The first-order valence-electron chi connectivity index (χ1n) is 8.80. The molecule has 0 fully saturated rings. The predicted molar refractivity (Wildman–Crippen MR) is 108 cm³/mol. The standard InChI is InChI=1S/C19H19Cl2N3OS/c1-24(9-11-6-7-12(20)8-14(11)21)10-16-22-18(25)17-13-4-2-3-5-15(13)26-19(17)23-16/h6-8H,2-5,9-10H2,1H3,(H,22,23,25)/p+1. The van der Waals surface area contributed by atoms with Gasteiger partial charge in [0.1, 0.15) is 17.9 Å². The summed E-state index contributed by atoms with van der Waals surface area (Å²) in [5.41, 5.74) is 2.26. The van der Waals surface area contributed by atoms with Gasteiger partial charge in [-0.3, -0.25) is 4.79 Å². The van der Waals surface area contributed by atoms with Gasteiger partial charge in [-0.2, -0.15) is 0 Å². The van der Waals surface area contributed by atoms with Crippen LogP contribution in [0.25, 0.3) is 10.2 Å². The third-order valence-corrected chi connectivity index (χ3v) is 6.62. The highest BCUT2D eigenvalue weighted by Crippen LogP contribution is 2.33. The Kier molecular flexibility index (Phi) is 5.06. The molecule has 0 aliphatic heterocycles. The molecule has 1 atom stereocenters. The van der Waals surface area contributed by atoms with Crippen molar-refractivity contribution in [2.75, 3.05) is 7.05 Å². The maximum Gasteiger partial charge on any atom is 0.260 e. The molecule has 2 heterocycles. The van der Waals surface area contributed by atoms with Gasteiger partial charge in [-0.1, -0.05) is 29.3 Å². The van der Waals surface area contributed by atoms with Crippen molar-refractivity contribution in [2.45, 2.75) is 38.8 Å². The Hall–Kier alpha value is -1.40. The number of nitrogens with zero attached hydrogens (tertiary/aromatic N) is 1. The third kappa shape index (κ3) is 3.54. The van der Waals surface area contributed by atoms with Gasteiger partial charge >= 0.3 is 0 Å². The fraction of sp³-hybridized carbons (Fsp3) is 0.368. The molecule has 2 N–H and O–H groups in total. The zero-order valence-electron chi connectivity index (χ0n) is 14.5. The Morgan fingerprint density at radius 3 is 2.85 bits per heavy atom. The second kappa shape index (κ2) is 7.31. The summed E-state index contributed by atoms with van der Waals surface area (Å²) in [6.07, 6.45) is 4.44. The van der Waals surface area contributed by atoms with Crippen LogP contribution in [0.15, 0.2) is 23.0 Å². The van der Waals surface area contributed by atoms with Crippen molar-refractivity contribution in [1.29, 1.82) is 0 Å². The number of aryl methyl sites for hydroxylation is 2. The smallest absolute Gasteiger partial charge is 0.260 e. The molecule has 1 aliphatic rings. The number of H-pyrrole nitrogens is 1. The number of fused-ring (bicyclic) bond motifs is 3. The lowest BCUT2D eigenvalue weighted by Gasteiger charge is -2.14. The number of halogens is 2. The van der Waals surface area contributed by atoms with Gasteiger partial charge in [-0.05, 0) is 43.4 Å². The number of nitrogens with one attached hydrogen (secondary N) is 2. The lowest BCUT2D eigenvalue weighted by Crippen LogP contribution is -3.06. The van der Waals surface area contributed by atoms with Crippen LogP contribution in [0.3, 0.4) is 0 Å². The zero-order chi connectivity index (χ0) is 18.3. The van der Waals surface area contributed by atoms with Gasteiger partial charge in [0.25, 0.3) is 5.56 Å². The van der Waals surface area contributed by atoms with Crippen molar-refractivity contribution in [2.24, 2.45) is 0 Å². The summed E-state index contributed by atoms with van der Waals surface area (Å²) in [4.78, 5) is 23.8. The Bertz CT molecular complexity index is 1030. The van der Waals surface area contributed by atoms with Gasteiger partial charge in [-0.15, -0.1) is 11.3 Å². The highest BCUT2D eigenvalue weighted by Gasteiger charge is 2.20. The molecule has 136 valence electrons. The van der Waals surface area contributed by atoms with Crippen LogP contribution in [-0.2, 0) is 25.9 Å². The van der Waals surface area contributed by atoms with Crippen molar-refractivity contribution < 1.29 is 4.90 Å². The van der Waals surface area contributed by atoms with Crippen LogP contribution in [-0.4, -0.2) is 17.0 Å². The molecule has 0 saturated heterocycles. The number of benzene rings is 1. The molecule has 1 unspecified atom stereocenters. The van der Waals surface area contributed by atoms with Gasteiger partial charge < -0.3 is 9.88 Å². The molecule has 0 radical (unpaired) electrons. The van der Waals surface area contributed by atoms with Crippen molar-refractivity contribution >= 4 is 44.8 Å². The Morgan fingerprint density at radius 2 is 2.04 bits per heavy atom. The van der Waals surface area contributed by atoms with Gasteiger partial charge in [0.05, 0.1) is 17.5 Å². The molecule has 0 amide bonds. The number of thiophene rings is 1. The maximum atomic E-state index is 12.6. The number of aromatic nitrogens is 2. The fourth-order valence-corrected chi connectivity index (χ4v) is 5.39. The maximum absolute atomic E-state index is 12.6. The average molecular weight is 409 g/mol. The lowest BCUT2D eigenvalue weighted by molar-refractivity contribution is -0.908. The van der Waals surface area contributed by atoms with E-state index in [1.54, 1.807) is 17.4 Å². The minimum atomic E-state index is 0.00160. The lowest BCUT2D eigenvalue weighted by atomic mass is 9.97. The molecule has 26 heavy (non-hydrogen) atoms. The quantitative estimate of drug-likeness (QED) is 0.694. The highest BCUT2D eigenvalue weighted by molar-refractivity contribution is 7.18. The summed E-state index contributed by atoms with van der Waals surface area (Å²) in [6, 6.07) is 5.55. The van der Waals surface area contributed by atoms with Crippen LogP contribution < -0.4 is 10.5 Å². The molecule has 0 spiro atoms. The van der Waals surface area contributed by atoms with E-state index in [-0.39, 0.29) is 5.56 Å². The molecule has 1 aromatic carbocycles. The molecule has 0 saturated carbocycles. The van der Waals surface area contributed by atoms with E-state index in [1.165, 1.54) is 21.8 Å². The second-order valence-corrected chi connectivity index (χ2v) is 8.88. The largest absolute Gasteiger partial charge is 0.327 e. The van der Waals surface area contributed by atoms with Crippen LogP contribution in [0.1, 0.15) is 34.7 Å². The van der Waals surface area contributed by atoms with Crippen LogP contribution in [0, 0.1) is 0 Å². The van der Waals surface area contributed by atoms with Crippen LogP contribution >= 0.6 is 34.5 Å². The minimum Gasteiger partial charge on any atom is -0.327 e. The topological polar surface area (TPSA) is 50.2 Å². The Morgan fingerprint density at radius 1 is 1.23 bits per heavy atom. The van der Waals surface area contributed by atoms with E-state index in [4.69, 9.17) is 28.2 Å². The minimum absolute atomic E-state index is 0.00160. The van der Waals surface area contributed by atoms with E-state index in [0.29, 0.717) is 16.6 Å². The predicted octanol–water partition coefficient (Wildman–Crippen LogP) is 3.39. The van der Waals surface area contributed by atoms with E-state index in [9.17, 15) is 4.79 Å². The Labute approximate surface area is 165 Å². The molecule has 2 aromatic heterocycles. The Balaban J connectivity index is 1.58. The summed E-state index contributed by atoms with van der Waals surface area (Å²) in [6.45, 7) is 1.37. The fourth-order valence-electron chi connectivity index (χ4n) is 3.63. The summed E-state index contributed by atoms with van der Waals surface area (Å²) in [7, 11) is 2.06. The van der Waals surface area contributed by atoms with Crippen molar-refractivity contribution in [1.82, 2.24) is 9.97 Å². The SMILES string of the molecule is C[NH+](Cc1nc2sc3c(c2c(=O)[nH]1)CCCC3)Cc1ccc(Cl)cc1Cl. The summed E-state index contributed by atoms with van der Waals surface area (Å²) in [5, 5.41) is 2.11. The third-order valence-electron chi connectivity index (χ3n) is 4.85. The van der Waals surface area contributed by atoms with Crippen LogP contribution in [0.4, 0.5) is 0 Å². The first-order chi connectivity index (χ1) is 12.5. The van der Waals surface area contributed by atoms with Crippen LogP contribution in [0.2, 0.25) is 10.0 Å². The van der Waals surface area contributed by atoms with Gasteiger partial charge in [0, 0.05) is 15.5 Å². The molecule has 4 rings (SSSR count). The number of rotatable bonds is 4. The second-order valence-electron chi connectivity index (χ2n) is 6.95. The summed E-state index contributed by atoms with van der Waals surface area (Å²) in [5.74, 6) is 0.726. The molecular formula is C19H20Cl2N3OS+. The zero-order valence-corrected chi connectivity index (χ0v) is 16.8. The summed E-state index contributed by atoms with van der Waals surface area (Å²) >= 11 is 13.9. The number of hydrogen-bond donors (Lipinski definition) is 2. The molecule has 0 bridgehead atoms. The normalized spacial score (nSPS) is 15.2. The first-order valence-corrected chi connectivity index (χ1v) is 10.4. The van der Waals surface area contributed by atoms with E-state index in [1.807, 2.05) is 12.1 Å². The summed E-state index contributed by atoms with van der Waals surface area (Å²) < 4.78 is 0. The monoisotopic (exact) mass is 408 g/mol. The van der Waals surface area contributed by atoms with Crippen molar-refractivity contribution in [3.05, 3.63) is 60.4 Å². The van der Waals surface area contributed by atoms with Crippen LogP contribution in [0.5, 0.6) is 0 Å². The highest BCUT2D eigenvalue weighted by atomic mass is 35.5. The number of quaternary nitrogens is 1. The van der Waals surface area contributed by atoms with Crippen molar-refractivity contribution in [3.8, 4) is 0 Å². The van der Waals surface area contributed by atoms with Crippen molar-refractivity contribution in [3.63, 3.8) is 0 Å². The van der Waals surface area contributed by atoms with Gasteiger partial charge in [0.2, 0.25) is 0 Å². The first kappa shape index (κ1) is 18.0. The average Bonchev–Trinajstić information content (AvgIpc) is 2.96. The molecule has 3 aromatic rings. The molecule has 4 nitrogen and oxygen atoms in total. The molecular weight excluding hydrogens is 389 g/mol. The molecule has 1 aliphatic carbocycles. The van der Waals surface area contributed by atoms with E-state index >= 15 is 0 Å². The van der Waals surface area contributed by atoms with E-state index in [2.05, 4.69) is 12.0 Å². The molecule has 7 heteroatoms. The van der Waals surface area contributed by atoms with E-state index < -0.39 is 0 Å². The van der Waals surface area contributed by atoms with E-state index in [0.717, 1.165) is 47.4 Å². The van der Waals surface area contributed by atoms with Gasteiger partial charge in [-0.25, -0.2) is 4.98 Å². The number of hydrogen-bond acceptors (Lipinski definition) is 3. The van der Waals surface area contributed by atoms with Gasteiger partial charge in [0.15, 0.2) is 5.82 Å². The number of aromatic amines is 1.